The van der Waals surface area contributed by atoms with E-state index in [-0.39, 0.29) is 5.88 Å². The van der Waals surface area contributed by atoms with Crippen molar-refractivity contribution in [2.24, 2.45) is 0 Å². The number of rotatable bonds is 3. The SMILES string of the molecule is C1CCNC1.COc1nc(-c2ccc(C#N)cc2)c(-c2ccc(C(F)(F)F)cc2)n2ccnc12. The average molecular weight is 465 g/mol. The van der Waals surface area contributed by atoms with Gasteiger partial charge in [0.25, 0.3) is 5.88 Å². The molecule has 3 heterocycles. The molecule has 6 nitrogen and oxygen atoms in total. The van der Waals surface area contributed by atoms with Gasteiger partial charge < -0.3 is 10.1 Å². The van der Waals surface area contributed by atoms with Crippen LogP contribution in [0.3, 0.4) is 0 Å². The summed E-state index contributed by atoms with van der Waals surface area (Å²) in [6.45, 7) is 2.50. The minimum atomic E-state index is -4.42. The maximum Gasteiger partial charge on any atom is 0.416 e. The molecule has 174 valence electrons. The normalized spacial score (nSPS) is 13.3. The smallest absolute Gasteiger partial charge is 0.416 e. The Morgan fingerprint density at radius 2 is 1.65 bits per heavy atom. The monoisotopic (exact) mass is 465 g/mol. The Labute approximate surface area is 194 Å². The topological polar surface area (TPSA) is 75.2 Å². The average Bonchev–Trinajstić information content (AvgIpc) is 3.58. The van der Waals surface area contributed by atoms with Crippen LogP contribution in [0.2, 0.25) is 0 Å². The lowest BCUT2D eigenvalue weighted by molar-refractivity contribution is -0.137. The maximum absolute atomic E-state index is 13.0. The van der Waals surface area contributed by atoms with Gasteiger partial charge in [-0.05, 0) is 50.2 Å². The summed E-state index contributed by atoms with van der Waals surface area (Å²) in [5.41, 5.74) is 2.49. The second-order valence-corrected chi connectivity index (χ2v) is 7.66. The number of ether oxygens (including phenoxy) is 1. The fraction of sp³-hybridized carbons (Fsp3) is 0.240. The zero-order valence-corrected chi connectivity index (χ0v) is 18.4. The van der Waals surface area contributed by atoms with Gasteiger partial charge in [0.2, 0.25) is 5.65 Å². The number of imidazole rings is 1. The Balaban J connectivity index is 0.000000486. The van der Waals surface area contributed by atoms with E-state index >= 15 is 0 Å². The maximum atomic E-state index is 13.0. The minimum Gasteiger partial charge on any atom is -0.478 e. The molecule has 9 heteroatoms. The first-order chi connectivity index (χ1) is 16.4. The summed E-state index contributed by atoms with van der Waals surface area (Å²) < 4.78 is 46.0. The third kappa shape index (κ3) is 4.87. The van der Waals surface area contributed by atoms with Gasteiger partial charge in [0.05, 0.1) is 35.7 Å². The fourth-order valence-corrected chi connectivity index (χ4v) is 3.72. The number of benzene rings is 2. The van der Waals surface area contributed by atoms with Gasteiger partial charge in [-0.1, -0.05) is 24.3 Å². The number of aromatic nitrogens is 3. The van der Waals surface area contributed by atoms with Gasteiger partial charge >= 0.3 is 6.18 Å². The largest absolute Gasteiger partial charge is 0.478 e. The van der Waals surface area contributed by atoms with Crippen molar-refractivity contribution in [3.63, 3.8) is 0 Å². The molecule has 1 fully saturated rings. The van der Waals surface area contributed by atoms with E-state index in [1.165, 1.54) is 45.2 Å². The lowest BCUT2D eigenvalue weighted by Gasteiger charge is -2.15. The lowest BCUT2D eigenvalue weighted by atomic mass is 10.0. The number of methoxy groups -OCH3 is 1. The highest BCUT2D eigenvalue weighted by molar-refractivity contribution is 5.81. The molecule has 5 rings (SSSR count). The summed E-state index contributed by atoms with van der Waals surface area (Å²) in [6, 6.07) is 13.7. The first kappa shape index (κ1) is 23.3. The second kappa shape index (κ2) is 9.93. The molecule has 1 aliphatic rings. The van der Waals surface area contributed by atoms with Crippen LogP contribution >= 0.6 is 0 Å². The van der Waals surface area contributed by atoms with Crippen LogP contribution in [-0.2, 0) is 6.18 Å². The Kier molecular flexibility index (Phi) is 6.80. The number of hydrogen-bond acceptors (Lipinski definition) is 5. The zero-order valence-electron chi connectivity index (χ0n) is 18.4. The Hall–Kier alpha value is -3.90. The summed E-state index contributed by atoms with van der Waals surface area (Å²) in [5, 5.41) is 12.3. The van der Waals surface area contributed by atoms with E-state index in [2.05, 4.69) is 21.4 Å². The molecule has 1 saturated heterocycles. The number of nitriles is 1. The highest BCUT2D eigenvalue weighted by Gasteiger charge is 2.30. The van der Waals surface area contributed by atoms with Gasteiger partial charge in [-0.15, -0.1) is 0 Å². The molecule has 1 N–H and O–H groups in total. The number of nitrogens with zero attached hydrogens (tertiary/aromatic N) is 4. The number of halogens is 3. The van der Waals surface area contributed by atoms with Crippen LogP contribution in [0, 0.1) is 11.3 Å². The van der Waals surface area contributed by atoms with Crippen LogP contribution < -0.4 is 10.1 Å². The number of nitrogens with one attached hydrogen (secondary N) is 1. The van der Waals surface area contributed by atoms with Gasteiger partial charge in [-0.25, -0.2) is 9.97 Å². The highest BCUT2D eigenvalue weighted by atomic mass is 19.4. The first-order valence-electron chi connectivity index (χ1n) is 10.7. The molecule has 2 aromatic heterocycles. The predicted octanol–water partition coefficient (Wildman–Crippen LogP) is 5.33. The van der Waals surface area contributed by atoms with Crippen molar-refractivity contribution in [2.45, 2.75) is 19.0 Å². The summed E-state index contributed by atoms with van der Waals surface area (Å²) >= 11 is 0. The molecule has 34 heavy (non-hydrogen) atoms. The van der Waals surface area contributed by atoms with Crippen molar-refractivity contribution in [2.75, 3.05) is 20.2 Å². The van der Waals surface area contributed by atoms with Crippen LogP contribution in [0.1, 0.15) is 24.0 Å². The predicted molar refractivity (Wildman–Crippen MR) is 122 cm³/mol. The molecule has 0 bridgehead atoms. The molecule has 0 unspecified atom stereocenters. The molecule has 0 atom stereocenters. The van der Waals surface area contributed by atoms with Gasteiger partial charge in [0.15, 0.2) is 0 Å². The number of fused-ring (bicyclic) bond motifs is 1. The van der Waals surface area contributed by atoms with Gasteiger partial charge in [0, 0.05) is 23.5 Å². The minimum absolute atomic E-state index is 0.282. The Morgan fingerprint density at radius 1 is 1.00 bits per heavy atom. The van der Waals surface area contributed by atoms with E-state index in [4.69, 9.17) is 10.00 Å². The van der Waals surface area contributed by atoms with Gasteiger partial charge in [0.1, 0.15) is 0 Å². The number of alkyl halides is 3. The standard InChI is InChI=1S/C21H13F3N4O.C4H9N/c1-29-20-19-26-10-11-28(19)18(15-6-8-16(9-7-15)21(22,23)24)17(27-20)14-4-2-13(12-25)3-5-14;1-2-4-5-3-1/h2-11H,1H3;5H,1-4H2. The molecule has 0 radical (unpaired) electrons. The second-order valence-electron chi connectivity index (χ2n) is 7.66. The molecular formula is C25H22F3N5O. The van der Waals surface area contributed by atoms with E-state index in [1.807, 2.05) is 0 Å². The quantitative estimate of drug-likeness (QED) is 0.443. The van der Waals surface area contributed by atoms with Crippen LogP contribution in [0.15, 0.2) is 60.9 Å². The molecule has 0 saturated carbocycles. The summed E-state index contributed by atoms with van der Waals surface area (Å²) in [7, 11) is 1.47. The third-order valence-corrected chi connectivity index (χ3v) is 5.43. The van der Waals surface area contributed by atoms with Crippen molar-refractivity contribution in [1.29, 1.82) is 5.26 Å². The Morgan fingerprint density at radius 3 is 2.18 bits per heavy atom. The van der Waals surface area contributed by atoms with Crippen molar-refractivity contribution in [3.05, 3.63) is 72.1 Å². The molecule has 0 spiro atoms. The summed E-state index contributed by atoms with van der Waals surface area (Å²) in [4.78, 5) is 8.80. The number of hydrogen-bond donors (Lipinski definition) is 1. The van der Waals surface area contributed by atoms with E-state index in [9.17, 15) is 13.2 Å². The first-order valence-corrected chi connectivity index (χ1v) is 10.7. The zero-order chi connectivity index (χ0) is 24.1. The van der Waals surface area contributed by atoms with Crippen molar-refractivity contribution < 1.29 is 17.9 Å². The molecule has 1 aliphatic heterocycles. The van der Waals surface area contributed by atoms with Crippen LogP contribution in [0.5, 0.6) is 5.88 Å². The third-order valence-electron chi connectivity index (χ3n) is 5.43. The van der Waals surface area contributed by atoms with E-state index in [0.29, 0.717) is 33.7 Å². The van der Waals surface area contributed by atoms with E-state index < -0.39 is 11.7 Å². The molecular weight excluding hydrogens is 443 g/mol. The van der Waals surface area contributed by atoms with Crippen LogP contribution in [0.4, 0.5) is 13.2 Å². The van der Waals surface area contributed by atoms with Gasteiger partial charge in [-0.3, -0.25) is 4.40 Å². The van der Waals surface area contributed by atoms with Crippen molar-refractivity contribution >= 4 is 5.65 Å². The van der Waals surface area contributed by atoms with Crippen molar-refractivity contribution in [3.8, 4) is 34.5 Å². The summed E-state index contributed by atoms with van der Waals surface area (Å²) in [5.74, 6) is 0.282. The fourth-order valence-electron chi connectivity index (χ4n) is 3.72. The van der Waals surface area contributed by atoms with E-state index in [0.717, 1.165) is 12.1 Å². The molecule has 4 aromatic rings. The Bertz CT molecular complexity index is 1290. The van der Waals surface area contributed by atoms with Crippen LogP contribution in [-0.4, -0.2) is 34.6 Å². The molecule has 2 aromatic carbocycles. The van der Waals surface area contributed by atoms with Gasteiger partial charge in [-0.2, -0.15) is 18.4 Å². The highest BCUT2D eigenvalue weighted by Crippen LogP contribution is 2.36. The summed E-state index contributed by atoms with van der Waals surface area (Å²) in [6.07, 6.45) is 1.62. The lowest BCUT2D eigenvalue weighted by Crippen LogP contribution is -2.05. The van der Waals surface area contributed by atoms with E-state index in [1.54, 1.807) is 41.1 Å². The molecule has 0 amide bonds. The molecule has 0 aliphatic carbocycles. The van der Waals surface area contributed by atoms with Crippen molar-refractivity contribution in [1.82, 2.24) is 19.7 Å². The van der Waals surface area contributed by atoms with Crippen LogP contribution in [0.25, 0.3) is 28.2 Å².